The summed E-state index contributed by atoms with van der Waals surface area (Å²) >= 11 is 0. The van der Waals surface area contributed by atoms with Gasteiger partial charge >= 0.3 is 0 Å². The van der Waals surface area contributed by atoms with Crippen LogP contribution in [0.25, 0.3) is 0 Å². The SMILES string of the molecule is CCNCCCN(C)S(=O)(=O)NC1CCCCC1C(C)C. The Labute approximate surface area is 131 Å². The number of hydrogen-bond donors (Lipinski definition) is 2. The van der Waals surface area contributed by atoms with Crippen LogP contribution < -0.4 is 10.0 Å². The minimum absolute atomic E-state index is 0.0972. The summed E-state index contributed by atoms with van der Waals surface area (Å²) in [4.78, 5) is 0. The van der Waals surface area contributed by atoms with Gasteiger partial charge < -0.3 is 5.32 Å². The predicted molar refractivity (Wildman–Crippen MR) is 88.4 cm³/mol. The summed E-state index contributed by atoms with van der Waals surface area (Å²) in [5.41, 5.74) is 0. The van der Waals surface area contributed by atoms with Crippen molar-refractivity contribution in [3.05, 3.63) is 0 Å². The molecule has 1 rings (SSSR count). The van der Waals surface area contributed by atoms with Crippen LogP contribution in [-0.4, -0.2) is 45.4 Å². The molecule has 0 heterocycles. The summed E-state index contributed by atoms with van der Waals surface area (Å²) in [6, 6.07) is 0.0972. The molecule has 0 radical (unpaired) electrons. The first kappa shape index (κ1) is 18.9. The zero-order chi connectivity index (χ0) is 15.9. The maximum absolute atomic E-state index is 12.4. The van der Waals surface area contributed by atoms with E-state index in [0.29, 0.717) is 18.4 Å². The van der Waals surface area contributed by atoms with E-state index in [9.17, 15) is 8.42 Å². The lowest BCUT2D eigenvalue weighted by Crippen LogP contribution is -2.49. The third-order valence-electron chi connectivity index (χ3n) is 4.46. The molecule has 2 unspecified atom stereocenters. The minimum Gasteiger partial charge on any atom is -0.317 e. The van der Waals surface area contributed by atoms with Crippen LogP contribution in [0.2, 0.25) is 0 Å². The van der Waals surface area contributed by atoms with Crippen molar-refractivity contribution in [1.82, 2.24) is 14.3 Å². The zero-order valence-electron chi connectivity index (χ0n) is 14.1. The summed E-state index contributed by atoms with van der Waals surface area (Å²) in [6.45, 7) is 8.77. The van der Waals surface area contributed by atoms with Crippen molar-refractivity contribution in [2.75, 3.05) is 26.7 Å². The first-order valence-electron chi connectivity index (χ1n) is 8.32. The summed E-state index contributed by atoms with van der Waals surface area (Å²) in [6.07, 6.45) is 5.28. The topological polar surface area (TPSA) is 61.4 Å². The fourth-order valence-corrected chi connectivity index (χ4v) is 4.33. The highest BCUT2D eigenvalue weighted by Crippen LogP contribution is 2.30. The molecule has 5 nitrogen and oxygen atoms in total. The van der Waals surface area contributed by atoms with Gasteiger partial charge in [0.1, 0.15) is 0 Å². The molecule has 0 bridgehead atoms. The summed E-state index contributed by atoms with van der Waals surface area (Å²) < 4.78 is 29.2. The van der Waals surface area contributed by atoms with Gasteiger partial charge in [-0.3, -0.25) is 0 Å². The summed E-state index contributed by atoms with van der Waals surface area (Å²) in [5.74, 6) is 0.987. The molecule has 21 heavy (non-hydrogen) atoms. The summed E-state index contributed by atoms with van der Waals surface area (Å²) in [5, 5.41) is 3.22. The molecular weight excluding hydrogens is 286 g/mol. The fraction of sp³-hybridized carbons (Fsp3) is 1.00. The van der Waals surface area contributed by atoms with Crippen LogP contribution >= 0.6 is 0 Å². The molecule has 2 atom stereocenters. The van der Waals surface area contributed by atoms with Crippen molar-refractivity contribution in [2.45, 2.75) is 58.9 Å². The number of nitrogens with zero attached hydrogens (tertiary/aromatic N) is 1. The normalized spacial score (nSPS) is 23.9. The molecule has 0 amide bonds. The van der Waals surface area contributed by atoms with E-state index in [1.807, 2.05) is 0 Å². The second-order valence-electron chi connectivity index (χ2n) is 6.45. The molecule has 6 heteroatoms. The average molecular weight is 320 g/mol. The van der Waals surface area contributed by atoms with E-state index in [2.05, 4.69) is 30.8 Å². The second kappa shape index (κ2) is 9.08. The van der Waals surface area contributed by atoms with Crippen LogP contribution in [0.5, 0.6) is 0 Å². The molecular formula is C15H33N3O2S. The van der Waals surface area contributed by atoms with E-state index in [-0.39, 0.29) is 6.04 Å². The lowest BCUT2D eigenvalue weighted by atomic mass is 9.78. The van der Waals surface area contributed by atoms with Gasteiger partial charge in [0.15, 0.2) is 0 Å². The Hall–Kier alpha value is -0.170. The largest absolute Gasteiger partial charge is 0.317 e. The fourth-order valence-electron chi connectivity index (χ4n) is 3.11. The molecule has 1 saturated carbocycles. The lowest BCUT2D eigenvalue weighted by Gasteiger charge is -2.35. The van der Waals surface area contributed by atoms with Gasteiger partial charge in [-0.25, -0.2) is 0 Å². The number of rotatable bonds is 9. The molecule has 1 aliphatic carbocycles. The van der Waals surface area contributed by atoms with Gasteiger partial charge in [0.25, 0.3) is 10.2 Å². The third kappa shape index (κ3) is 6.22. The Balaban J connectivity index is 2.53. The molecule has 0 aromatic carbocycles. The summed E-state index contributed by atoms with van der Waals surface area (Å²) in [7, 11) is -1.69. The average Bonchev–Trinajstić information content (AvgIpc) is 2.43. The van der Waals surface area contributed by atoms with E-state index >= 15 is 0 Å². The standard InChI is InChI=1S/C15H33N3O2S/c1-5-16-11-8-12-18(4)21(19,20)17-15-10-7-6-9-14(15)13(2)3/h13-17H,5-12H2,1-4H3. The predicted octanol–water partition coefficient (Wildman–Crippen LogP) is 1.97. The van der Waals surface area contributed by atoms with Crippen LogP contribution in [0.15, 0.2) is 0 Å². The lowest BCUT2D eigenvalue weighted by molar-refractivity contribution is 0.223. The Morgan fingerprint density at radius 2 is 1.90 bits per heavy atom. The Morgan fingerprint density at radius 1 is 1.24 bits per heavy atom. The maximum Gasteiger partial charge on any atom is 0.279 e. The highest BCUT2D eigenvalue weighted by Gasteiger charge is 2.31. The zero-order valence-corrected chi connectivity index (χ0v) is 14.9. The van der Waals surface area contributed by atoms with Crippen molar-refractivity contribution in [3.63, 3.8) is 0 Å². The molecule has 0 saturated heterocycles. The highest BCUT2D eigenvalue weighted by atomic mass is 32.2. The van der Waals surface area contributed by atoms with Gasteiger partial charge in [0.05, 0.1) is 0 Å². The second-order valence-corrected chi connectivity index (χ2v) is 8.26. The van der Waals surface area contributed by atoms with Crippen LogP contribution in [0, 0.1) is 11.8 Å². The number of nitrogens with one attached hydrogen (secondary N) is 2. The third-order valence-corrected chi connectivity index (χ3v) is 6.07. The monoisotopic (exact) mass is 319 g/mol. The molecule has 2 N–H and O–H groups in total. The van der Waals surface area contributed by atoms with Gasteiger partial charge in [0, 0.05) is 19.6 Å². The molecule has 0 aliphatic heterocycles. The van der Waals surface area contributed by atoms with Crippen LogP contribution in [0.3, 0.4) is 0 Å². The van der Waals surface area contributed by atoms with Gasteiger partial charge in [0.2, 0.25) is 0 Å². The van der Waals surface area contributed by atoms with Gasteiger partial charge in [-0.2, -0.15) is 17.4 Å². The van der Waals surface area contributed by atoms with Crippen LogP contribution in [-0.2, 0) is 10.2 Å². The van der Waals surface area contributed by atoms with Gasteiger partial charge in [-0.1, -0.05) is 33.6 Å². The first-order valence-corrected chi connectivity index (χ1v) is 9.76. The van der Waals surface area contributed by atoms with Crippen LogP contribution in [0.1, 0.15) is 52.9 Å². The van der Waals surface area contributed by atoms with Crippen molar-refractivity contribution in [2.24, 2.45) is 11.8 Å². The molecule has 0 aromatic heterocycles. The first-order chi connectivity index (χ1) is 9.88. The Bertz CT molecular complexity index is 384. The van der Waals surface area contributed by atoms with Crippen molar-refractivity contribution >= 4 is 10.2 Å². The Kier molecular flexibility index (Phi) is 8.16. The quantitative estimate of drug-likeness (QED) is 0.639. The molecule has 1 aliphatic rings. The smallest absolute Gasteiger partial charge is 0.279 e. The Morgan fingerprint density at radius 3 is 2.52 bits per heavy atom. The number of hydrogen-bond acceptors (Lipinski definition) is 3. The van der Waals surface area contributed by atoms with E-state index in [0.717, 1.165) is 38.8 Å². The van der Waals surface area contributed by atoms with E-state index in [1.54, 1.807) is 7.05 Å². The molecule has 126 valence electrons. The van der Waals surface area contributed by atoms with E-state index < -0.39 is 10.2 Å². The van der Waals surface area contributed by atoms with Crippen molar-refractivity contribution in [1.29, 1.82) is 0 Å². The molecule has 1 fully saturated rings. The minimum atomic E-state index is -3.36. The van der Waals surface area contributed by atoms with E-state index in [4.69, 9.17) is 0 Å². The molecule has 0 aromatic rings. The molecule has 0 spiro atoms. The van der Waals surface area contributed by atoms with Crippen molar-refractivity contribution in [3.8, 4) is 0 Å². The van der Waals surface area contributed by atoms with Crippen molar-refractivity contribution < 1.29 is 8.42 Å². The van der Waals surface area contributed by atoms with Gasteiger partial charge in [-0.05, 0) is 44.2 Å². The maximum atomic E-state index is 12.4. The van der Waals surface area contributed by atoms with E-state index in [1.165, 1.54) is 10.7 Å². The van der Waals surface area contributed by atoms with Gasteiger partial charge in [-0.15, -0.1) is 0 Å². The highest BCUT2D eigenvalue weighted by molar-refractivity contribution is 7.87. The van der Waals surface area contributed by atoms with Crippen LogP contribution in [0.4, 0.5) is 0 Å².